The first kappa shape index (κ1) is 19.7. The number of nitrogens with one attached hydrogen (secondary N) is 1. The van der Waals surface area contributed by atoms with Crippen molar-refractivity contribution in [2.45, 2.75) is 70.3 Å². The molecule has 0 heterocycles. The highest BCUT2D eigenvalue weighted by Gasteiger charge is 2.51. The molecule has 0 spiro atoms. The molecule has 1 unspecified atom stereocenters. The number of amides is 1. The summed E-state index contributed by atoms with van der Waals surface area (Å²) in [5, 5.41) is 3.04. The van der Waals surface area contributed by atoms with Gasteiger partial charge in [-0.25, -0.2) is 0 Å². The van der Waals surface area contributed by atoms with E-state index in [2.05, 4.69) is 36.5 Å². The number of carbonyl (C=O) groups is 1. The Balaban J connectivity index is 1.24. The highest BCUT2D eigenvalue weighted by molar-refractivity contribution is 5.94. The third kappa shape index (κ3) is 3.64. The summed E-state index contributed by atoms with van der Waals surface area (Å²) in [5.74, 6) is 3.52. The highest BCUT2D eigenvalue weighted by atomic mass is 16.5. The van der Waals surface area contributed by atoms with Crippen molar-refractivity contribution in [2.24, 2.45) is 17.8 Å². The summed E-state index contributed by atoms with van der Waals surface area (Å²) in [6, 6.07) is 16.6. The van der Waals surface area contributed by atoms with Gasteiger partial charge in [-0.2, -0.15) is 0 Å². The van der Waals surface area contributed by atoms with Crippen LogP contribution in [0.4, 0.5) is 5.69 Å². The van der Waals surface area contributed by atoms with Crippen LogP contribution >= 0.6 is 0 Å². The van der Waals surface area contributed by atoms with E-state index in [1.807, 2.05) is 31.2 Å². The average Bonchev–Trinajstić information content (AvgIpc) is 2.73. The molecule has 0 aromatic heterocycles. The van der Waals surface area contributed by atoms with Gasteiger partial charge in [-0.15, -0.1) is 0 Å². The Morgan fingerprint density at radius 3 is 2.20 bits per heavy atom. The summed E-state index contributed by atoms with van der Waals surface area (Å²) in [4.78, 5) is 12.7. The number of para-hydroxylation sites is 1. The third-order valence-corrected chi connectivity index (χ3v) is 7.83. The van der Waals surface area contributed by atoms with Crippen LogP contribution in [0.3, 0.4) is 0 Å². The molecule has 4 saturated carbocycles. The van der Waals surface area contributed by atoms with Gasteiger partial charge in [-0.3, -0.25) is 4.79 Å². The molecular weight excluding hydrogens is 370 g/mol. The lowest BCUT2D eigenvalue weighted by molar-refractivity contribution is -0.122. The Kier molecular flexibility index (Phi) is 5.08. The van der Waals surface area contributed by atoms with Crippen molar-refractivity contribution >= 4 is 11.6 Å². The molecule has 0 saturated heterocycles. The predicted octanol–water partition coefficient (Wildman–Crippen LogP) is 6.12. The van der Waals surface area contributed by atoms with Gasteiger partial charge in [0.1, 0.15) is 5.75 Å². The number of rotatable bonds is 6. The number of hydrogen-bond acceptors (Lipinski definition) is 2. The standard InChI is InChI=1S/C27H33NO2/c1-3-22-6-4-5-7-25(22)30-18(2)26(29)28-24-10-8-23(9-11-24)27-15-19-12-20(16-27)14-21(13-19)17-27/h4-11,18-21H,3,12-17H2,1-2H3,(H,28,29). The van der Waals surface area contributed by atoms with Crippen molar-refractivity contribution in [1.29, 1.82) is 0 Å². The van der Waals surface area contributed by atoms with Crippen LogP contribution in [-0.2, 0) is 16.6 Å². The van der Waals surface area contributed by atoms with Gasteiger partial charge >= 0.3 is 0 Å². The lowest BCUT2D eigenvalue weighted by Gasteiger charge is -2.57. The van der Waals surface area contributed by atoms with E-state index in [-0.39, 0.29) is 5.91 Å². The quantitative estimate of drug-likeness (QED) is 0.631. The van der Waals surface area contributed by atoms with Crippen molar-refractivity contribution in [3.05, 3.63) is 59.7 Å². The molecule has 4 fully saturated rings. The maximum Gasteiger partial charge on any atom is 0.265 e. The normalized spacial score (nSPS) is 30.1. The second-order valence-electron chi connectivity index (χ2n) is 9.99. The smallest absolute Gasteiger partial charge is 0.265 e. The van der Waals surface area contributed by atoms with E-state index in [0.717, 1.165) is 41.2 Å². The average molecular weight is 404 g/mol. The Morgan fingerprint density at radius 1 is 1.00 bits per heavy atom. The number of benzene rings is 2. The summed E-state index contributed by atoms with van der Waals surface area (Å²) in [6.45, 7) is 3.91. The van der Waals surface area contributed by atoms with Crippen LogP contribution in [0.25, 0.3) is 0 Å². The zero-order valence-corrected chi connectivity index (χ0v) is 18.2. The maximum absolute atomic E-state index is 12.7. The molecule has 6 rings (SSSR count). The maximum atomic E-state index is 12.7. The van der Waals surface area contributed by atoms with E-state index in [0.29, 0.717) is 5.41 Å². The molecule has 0 aliphatic heterocycles. The molecule has 4 aliphatic rings. The summed E-state index contributed by atoms with van der Waals surface area (Å²) in [7, 11) is 0. The molecular formula is C27H33NO2. The summed E-state index contributed by atoms with van der Waals surface area (Å²) in [6.07, 6.45) is 8.84. The second-order valence-corrected chi connectivity index (χ2v) is 9.99. The van der Waals surface area contributed by atoms with E-state index in [9.17, 15) is 4.79 Å². The number of aryl methyl sites for hydroxylation is 1. The highest BCUT2D eigenvalue weighted by Crippen LogP contribution is 2.60. The van der Waals surface area contributed by atoms with E-state index in [1.54, 1.807) is 0 Å². The minimum atomic E-state index is -0.541. The van der Waals surface area contributed by atoms with Gasteiger partial charge in [0.2, 0.25) is 0 Å². The van der Waals surface area contributed by atoms with E-state index < -0.39 is 6.10 Å². The SMILES string of the molecule is CCc1ccccc1OC(C)C(=O)Nc1ccc(C23CC4CC(CC(C4)C2)C3)cc1. The van der Waals surface area contributed by atoms with Gasteiger partial charge in [0, 0.05) is 5.69 Å². The monoisotopic (exact) mass is 403 g/mol. The Bertz CT molecular complexity index is 881. The van der Waals surface area contributed by atoms with Crippen molar-refractivity contribution in [3.8, 4) is 5.75 Å². The Morgan fingerprint density at radius 2 is 1.60 bits per heavy atom. The van der Waals surface area contributed by atoms with Crippen LogP contribution in [0.1, 0.15) is 63.5 Å². The molecule has 3 heteroatoms. The molecule has 1 N–H and O–H groups in total. The Labute approximate surface area is 180 Å². The lowest BCUT2D eigenvalue weighted by Crippen LogP contribution is -2.48. The fraction of sp³-hybridized carbons (Fsp3) is 0.519. The first-order valence-electron chi connectivity index (χ1n) is 11.7. The van der Waals surface area contributed by atoms with E-state index >= 15 is 0 Å². The number of ether oxygens (including phenoxy) is 1. The molecule has 1 atom stereocenters. The van der Waals surface area contributed by atoms with Gasteiger partial charge in [0.15, 0.2) is 6.10 Å². The first-order valence-corrected chi connectivity index (χ1v) is 11.7. The summed E-state index contributed by atoms with van der Waals surface area (Å²) >= 11 is 0. The first-order chi connectivity index (χ1) is 14.5. The molecule has 1 amide bonds. The zero-order valence-electron chi connectivity index (χ0n) is 18.2. The molecule has 2 aromatic carbocycles. The largest absolute Gasteiger partial charge is 0.481 e. The third-order valence-electron chi connectivity index (χ3n) is 7.83. The minimum absolute atomic E-state index is 0.108. The Hall–Kier alpha value is -2.29. The predicted molar refractivity (Wildman–Crippen MR) is 121 cm³/mol. The second kappa shape index (κ2) is 7.76. The van der Waals surface area contributed by atoms with Gasteiger partial charge in [-0.1, -0.05) is 37.3 Å². The minimum Gasteiger partial charge on any atom is -0.481 e. The van der Waals surface area contributed by atoms with Crippen LogP contribution < -0.4 is 10.1 Å². The van der Waals surface area contributed by atoms with Crippen molar-refractivity contribution in [1.82, 2.24) is 0 Å². The van der Waals surface area contributed by atoms with Crippen LogP contribution in [-0.4, -0.2) is 12.0 Å². The van der Waals surface area contributed by atoms with Gasteiger partial charge in [0.05, 0.1) is 0 Å². The number of anilines is 1. The van der Waals surface area contributed by atoms with Gasteiger partial charge < -0.3 is 10.1 Å². The topological polar surface area (TPSA) is 38.3 Å². The number of carbonyl (C=O) groups excluding carboxylic acids is 1. The fourth-order valence-electron chi connectivity index (χ4n) is 6.77. The lowest BCUT2D eigenvalue weighted by atomic mass is 9.48. The van der Waals surface area contributed by atoms with Crippen LogP contribution in [0, 0.1) is 17.8 Å². The van der Waals surface area contributed by atoms with Crippen molar-refractivity contribution in [3.63, 3.8) is 0 Å². The van der Waals surface area contributed by atoms with Crippen molar-refractivity contribution < 1.29 is 9.53 Å². The molecule has 30 heavy (non-hydrogen) atoms. The van der Waals surface area contributed by atoms with Gasteiger partial charge in [0.25, 0.3) is 5.91 Å². The zero-order chi connectivity index (χ0) is 20.7. The van der Waals surface area contributed by atoms with Crippen LogP contribution in [0.5, 0.6) is 5.75 Å². The molecule has 3 nitrogen and oxygen atoms in total. The number of hydrogen-bond donors (Lipinski definition) is 1. The molecule has 0 radical (unpaired) electrons. The van der Waals surface area contributed by atoms with Crippen molar-refractivity contribution in [2.75, 3.05) is 5.32 Å². The van der Waals surface area contributed by atoms with E-state index in [1.165, 1.54) is 44.1 Å². The van der Waals surface area contributed by atoms with E-state index in [4.69, 9.17) is 4.74 Å². The molecule has 4 aliphatic carbocycles. The fourth-order valence-corrected chi connectivity index (χ4v) is 6.77. The summed E-state index contributed by atoms with van der Waals surface area (Å²) in [5.41, 5.74) is 3.86. The molecule has 4 bridgehead atoms. The van der Waals surface area contributed by atoms with Gasteiger partial charge in [-0.05, 0) is 104 Å². The molecule has 2 aromatic rings. The molecule has 158 valence electrons. The summed E-state index contributed by atoms with van der Waals surface area (Å²) < 4.78 is 5.95. The van der Waals surface area contributed by atoms with Crippen LogP contribution in [0.15, 0.2) is 48.5 Å². The van der Waals surface area contributed by atoms with Crippen LogP contribution in [0.2, 0.25) is 0 Å².